The zero-order chi connectivity index (χ0) is 13.9. The molecule has 0 spiro atoms. The average Bonchev–Trinajstić information content (AvgIpc) is 2.38. The molecule has 110 valence electrons. The minimum Gasteiger partial charge on any atom is -0.315 e. The van der Waals surface area contributed by atoms with Crippen molar-refractivity contribution in [1.29, 1.82) is 5.26 Å². The van der Waals surface area contributed by atoms with E-state index in [2.05, 4.69) is 10.0 Å². The molecule has 0 aliphatic carbocycles. The number of halogens is 1. The molecule has 1 aliphatic heterocycles. The Balaban J connectivity index is 0.00000200. The van der Waals surface area contributed by atoms with Crippen molar-refractivity contribution in [3.63, 3.8) is 0 Å². The van der Waals surface area contributed by atoms with Gasteiger partial charge < -0.3 is 5.32 Å². The topological polar surface area (TPSA) is 82.0 Å². The Morgan fingerprint density at radius 3 is 2.75 bits per heavy atom. The van der Waals surface area contributed by atoms with Gasteiger partial charge in [-0.1, -0.05) is 0 Å². The van der Waals surface area contributed by atoms with E-state index in [9.17, 15) is 8.42 Å². The fourth-order valence-corrected chi connectivity index (χ4v) is 3.75. The lowest BCUT2D eigenvalue weighted by atomic mass is 10.1. The van der Waals surface area contributed by atoms with Crippen molar-refractivity contribution in [2.24, 2.45) is 0 Å². The Kier molecular flexibility index (Phi) is 5.96. The van der Waals surface area contributed by atoms with E-state index < -0.39 is 10.0 Å². The first-order valence-electron chi connectivity index (χ1n) is 6.27. The Morgan fingerprint density at radius 1 is 1.45 bits per heavy atom. The zero-order valence-electron chi connectivity index (χ0n) is 11.2. The van der Waals surface area contributed by atoms with E-state index in [0.717, 1.165) is 19.4 Å². The first-order chi connectivity index (χ1) is 9.03. The van der Waals surface area contributed by atoms with Crippen LogP contribution in [0.5, 0.6) is 0 Å². The number of hydrogen-bond donors (Lipinski definition) is 2. The Morgan fingerprint density at radius 2 is 2.20 bits per heavy atom. The number of sulfonamides is 1. The van der Waals surface area contributed by atoms with Gasteiger partial charge in [-0.3, -0.25) is 0 Å². The smallest absolute Gasteiger partial charge is 0.241 e. The summed E-state index contributed by atoms with van der Waals surface area (Å²) in [6.45, 7) is 3.30. The molecule has 1 aromatic rings. The monoisotopic (exact) mass is 315 g/mol. The fraction of sp³-hybridized carbons (Fsp3) is 0.462. The third kappa shape index (κ3) is 3.93. The zero-order valence-corrected chi connectivity index (χ0v) is 12.9. The van der Waals surface area contributed by atoms with Gasteiger partial charge in [0.2, 0.25) is 10.0 Å². The van der Waals surface area contributed by atoms with Gasteiger partial charge in [0, 0.05) is 12.6 Å². The summed E-state index contributed by atoms with van der Waals surface area (Å²) in [5.41, 5.74) is 1.06. The number of piperidine rings is 1. The average molecular weight is 316 g/mol. The molecule has 5 nitrogen and oxygen atoms in total. The van der Waals surface area contributed by atoms with E-state index in [4.69, 9.17) is 5.26 Å². The van der Waals surface area contributed by atoms with Crippen LogP contribution in [0.3, 0.4) is 0 Å². The highest BCUT2D eigenvalue weighted by Gasteiger charge is 2.23. The number of nitrogens with zero attached hydrogens (tertiary/aromatic N) is 1. The van der Waals surface area contributed by atoms with Gasteiger partial charge in [-0.2, -0.15) is 5.26 Å². The molecule has 20 heavy (non-hydrogen) atoms. The van der Waals surface area contributed by atoms with Gasteiger partial charge >= 0.3 is 0 Å². The lowest BCUT2D eigenvalue weighted by Gasteiger charge is -2.24. The Bertz CT molecular complexity index is 605. The molecule has 0 bridgehead atoms. The van der Waals surface area contributed by atoms with Crippen molar-refractivity contribution in [1.82, 2.24) is 10.0 Å². The third-order valence-corrected chi connectivity index (χ3v) is 4.89. The molecule has 7 heteroatoms. The molecule has 1 saturated heterocycles. The van der Waals surface area contributed by atoms with Crippen LogP contribution >= 0.6 is 12.4 Å². The molecule has 1 aliphatic rings. The van der Waals surface area contributed by atoms with Crippen LogP contribution in [0.4, 0.5) is 0 Å². The van der Waals surface area contributed by atoms with Crippen molar-refractivity contribution in [3.05, 3.63) is 29.3 Å². The van der Waals surface area contributed by atoms with E-state index in [1.165, 1.54) is 12.1 Å². The lowest BCUT2D eigenvalue weighted by Crippen LogP contribution is -2.45. The van der Waals surface area contributed by atoms with Gasteiger partial charge in [0.1, 0.15) is 0 Å². The summed E-state index contributed by atoms with van der Waals surface area (Å²) in [6, 6.07) is 6.55. The van der Waals surface area contributed by atoms with Crippen LogP contribution in [-0.2, 0) is 10.0 Å². The molecular formula is C13H18ClN3O2S. The molecule has 1 atom stereocenters. The molecule has 0 aromatic heterocycles. The molecule has 0 radical (unpaired) electrons. The van der Waals surface area contributed by atoms with Crippen LogP contribution in [0.25, 0.3) is 0 Å². The molecule has 2 N–H and O–H groups in total. The van der Waals surface area contributed by atoms with Crippen molar-refractivity contribution < 1.29 is 8.42 Å². The Hall–Kier alpha value is -1.13. The minimum atomic E-state index is -3.51. The molecule has 0 amide bonds. The van der Waals surface area contributed by atoms with E-state index in [1.54, 1.807) is 13.0 Å². The fourth-order valence-electron chi connectivity index (χ4n) is 2.26. The maximum Gasteiger partial charge on any atom is 0.241 e. The lowest BCUT2D eigenvalue weighted by molar-refractivity contribution is 0.428. The number of nitriles is 1. The van der Waals surface area contributed by atoms with Gasteiger partial charge in [0.05, 0.1) is 16.5 Å². The summed E-state index contributed by atoms with van der Waals surface area (Å²) in [7, 11) is -3.51. The van der Waals surface area contributed by atoms with E-state index >= 15 is 0 Å². The summed E-state index contributed by atoms with van der Waals surface area (Å²) in [5.74, 6) is 0. The predicted octanol–water partition coefficient (Wildman–Crippen LogP) is 1.32. The molecule has 1 fully saturated rings. The molecule has 2 rings (SSSR count). The van der Waals surface area contributed by atoms with Crippen LogP contribution < -0.4 is 10.0 Å². The summed E-state index contributed by atoms with van der Waals surface area (Å²) >= 11 is 0. The quantitative estimate of drug-likeness (QED) is 0.881. The highest BCUT2D eigenvalue weighted by atomic mass is 35.5. The molecule has 1 aromatic carbocycles. The van der Waals surface area contributed by atoms with Gasteiger partial charge in [0.25, 0.3) is 0 Å². The minimum absolute atomic E-state index is 0. The highest BCUT2D eigenvalue weighted by molar-refractivity contribution is 7.89. The maximum atomic E-state index is 12.3. The second-order valence-corrected chi connectivity index (χ2v) is 6.44. The second kappa shape index (κ2) is 7.04. The standard InChI is InChI=1S/C13H17N3O2S.ClH/c1-10-7-11(8-14)4-5-13(10)19(17,18)16-12-3-2-6-15-9-12;/h4-5,7,12,15-16H,2-3,6,9H2,1H3;1H/t12-;/m1./s1. The van der Waals surface area contributed by atoms with Crippen molar-refractivity contribution in [2.45, 2.75) is 30.7 Å². The SMILES string of the molecule is Cc1cc(C#N)ccc1S(=O)(=O)N[C@@H]1CCCNC1.Cl. The number of aryl methyl sites for hydroxylation is 1. The van der Waals surface area contributed by atoms with Gasteiger partial charge in [0.15, 0.2) is 0 Å². The molecule has 0 saturated carbocycles. The number of benzene rings is 1. The van der Waals surface area contributed by atoms with Crippen molar-refractivity contribution in [3.8, 4) is 6.07 Å². The van der Waals surface area contributed by atoms with Crippen LogP contribution in [0.2, 0.25) is 0 Å². The van der Waals surface area contributed by atoms with Gasteiger partial charge in [-0.25, -0.2) is 13.1 Å². The van der Waals surface area contributed by atoms with Crippen LogP contribution in [0.1, 0.15) is 24.0 Å². The Labute approximate surface area is 125 Å². The first kappa shape index (κ1) is 16.9. The summed E-state index contributed by atoms with van der Waals surface area (Å²) in [6.07, 6.45) is 1.82. The van der Waals surface area contributed by atoms with E-state index in [-0.39, 0.29) is 23.3 Å². The van der Waals surface area contributed by atoms with Crippen LogP contribution in [-0.4, -0.2) is 27.5 Å². The first-order valence-corrected chi connectivity index (χ1v) is 7.75. The second-order valence-electron chi connectivity index (χ2n) is 4.76. The maximum absolute atomic E-state index is 12.3. The van der Waals surface area contributed by atoms with E-state index in [1.807, 2.05) is 6.07 Å². The van der Waals surface area contributed by atoms with Crippen molar-refractivity contribution >= 4 is 22.4 Å². The van der Waals surface area contributed by atoms with Gasteiger partial charge in [-0.15, -0.1) is 12.4 Å². The number of nitrogens with one attached hydrogen (secondary N) is 2. The normalized spacial score (nSPS) is 18.9. The van der Waals surface area contributed by atoms with E-state index in [0.29, 0.717) is 17.7 Å². The van der Waals surface area contributed by atoms with Crippen LogP contribution in [0, 0.1) is 18.3 Å². The largest absolute Gasteiger partial charge is 0.315 e. The molecular weight excluding hydrogens is 298 g/mol. The summed E-state index contributed by atoms with van der Waals surface area (Å²) < 4.78 is 27.3. The van der Waals surface area contributed by atoms with Gasteiger partial charge in [-0.05, 0) is 50.1 Å². The highest BCUT2D eigenvalue weighted by Crippen LogP contribution is 2.17. The molecule has 1 heterocycles. The summed E-state index contributed by atoms with van der Waals surface area (Å²) in [4.78, 5) is 0.247. The number of rotatable bonds is 3. The molecule has 0 unspecified atom stereocenters. The summed E-state index contributed by atoms with van der Waals surface area (Å²) in [5, 5.41) is 12.0. The van der Waals surface area contributed by atoms with Crippen molar-refractivity contribution in [2.75, 3.05) is 13.1 Å². The number of hydrogen-bond acceptors (Lipinski definition) is 4. The third-order valence-electron chi connectivity index (χ3n) is 3.21. The predicted molar refractivity (Wildman–Crippen MR) is 79.4 cm³/mol. The van der Waals surface area contributed by atoms with Crippen LogP contribution in [0.15, 0.2) is 23.1 Å².